The molecule has 0 radical (unpaired) electrons. The van der Waals surface area contributed by atoms with Gasteiger partial charge in [0.05, 0.1) is 23.7 Å². The minimum Gasteiger partial charge on any atom is -0.481 e. The van der Waals surface area contributed by atoms with Crippen LogP contribution in [-0.4, -0.2) is 44.3 Å². The van der Waals surface area contributed by atoms with Crippen LogP contribution in [0.4, 0.5) is 17.5 Å². The van der Waals surface area contributed by atoms with E-state index in [1.807, 2.05) is 41.9 Å². The van der Waals surface area contributed by atoms with Gasteiger partial charge in [0.25, 0.3) is 5.91 Å². The molecule has 0 aliphatic carbocycles. The lowest BCUT2D eigenvalue weighted by Crippen LogP contribution is -2.33. The van der Waals surface area contributed by atoms with Crippen molar-refractivity contribution < 1.29 is 14.7 Å². The average Bonchev–Trinajstić information content (AvgIpc) is 3.15. The first kappa shape index (κ1) is 22.5. The van der Waals surface area contributed by atoms with E-state index in [4.69, 9.17) is 10.9 Å². The second-order valence-electron chi connectivity index (χ2n) is 7.51. The number of carboxylic acid groups (broad SMARTS) is 1. The maximum atomic E-state index is 13.3. The molecule has 0 aliphatic heterocycles. The molecule has 0 saturated heterocycles. The van der Waals surface area contributed by atoms with E-state index < -0.39 is 5.97 Å². The summed E-state index contributed by atoms with van der Waals surface area (Å²) in [7, 11) is 1.88. The highest BCUT2D eigenvalue weighted by Gasteiger charge is 2.21. The van der Waals surface area contributed by atoms with E-state index in [0.717, 1.165) is 16.8 Å². The molecule has 2 heterocycles. The molecule has 0 aliphatic rings. The van der Waals surface area contributed by atoms with Crippen LogP contribution in [0.3, 0.4) is 0 Å². The van der Waals surface area contributed by atoms with Crippen LogP contribution in [0.2, 0.25) is 0 Å². The number of nitrogens with one attached hydrogen (secondary N) is 1. The summed E-state index contributed by atoms with van der Waals surface area (Å²) >= 11 is 0. The number of aliphatic carboxylic acids is 1. The molecule has 2 aromatic carbocycles. The Morgan fingerprint density at radius 3 is 2.65 bits per heavy atom. The largest absolute Gasteiger partial charge is 0.481 e. The standard InChI is InChI=1S/C24H23N7O3/c1-30-20-10-7-17(23(34)31(13-11-22(32)33)21-4-2-3-12-26-21)14-19(20)29-24(30)28-18-8-5-16(6-9-18)15-27-25/h2-10,12,14-15H,11,13,25H2,1H3,(H,28,29)(H,32,33). The van der Waals surface area contributed by atoms with Gasteiger partial charge in [0, 0.05) is 31.0 Å². The topological polar surface area (TPSA) is 139 Å². The van der Waals surface area contributed by atoms with E-state index in [2.05, 4.69) is 20.4 Å². The van der Waals surface area contributed by atoms with Gasteiger partial charge >= 0.3 is 5.97 Å². The molecule has 4 aromatic rings. The first-order valence-electron chi connectivity index (χ1n) is 10.5. The zero-order valence-electron chi connectivity index (χ0n) is 18.4. The highest BCUT2D eigenvalue weighted by atomic mass is 16.4. The number of carbonyl (C=O) groups excluding carboxylic acids is 1. The number of nitrogens with zero attached hydrogens (tertiary/aromatic N) is 5. The Balaban J connectivity index is 1.62. The lowest BCUT2D eigenvalue weighted by Gasteiger charge is -2.21. The Bertz CT molecular complexity index is 1350. The molecule has 0 atom stereocenters. The number of hydrogen-bond donors (Lipinski definition) is 3. The minimum atomic E-state index is -0.993. The minimum absolute atomic E-state index is 0.00308. The number of aromatic nitrogens is 3. The van der Waals surface area contributed by atoms with Gasteiger partial charge in [-0.2, -0.15) is 5.10 Å². The number of benzene rings is 2. The van der Waals surface area contributed by atoms with Crippen molar-refractivity contribution in [2.24, 2.45) is 18.0 Å². The van der Waals surface area contributed by atoms with Gasteiger partial charge < -0.3 is 20.8 Å². The predicted molar refractivity (Wildman–Crippen MR) is 130 cm³/mol. The van der Waals surface area contributed by atoms with E-state index in [-0.39, 0.29) is 18.9 Å². The summed E-state index contributed by atoms with van der Waals surface area (Å²) < 4.78 is 1.89. The Labute approximate surface area is 195 Å². The lowest BCUT2D eigenvalue weighted by atomic mass is 10.1. The number of aryl methyl sites for hydroxylation is 1. The van der Waals surface area contributed by atoms with Crippen LogP contribution in [-0.2, 0) is 11.8 Å². The third-order valence-corrected chi connectivity index (χ3v) is 5.24. The first-order valence-corrected chi connectivity index (χ1v) is 10.5. The lowest BCUT2D eigenvalue weighted by molar-refractivity contribution is -0.136. The normalized spacial score (nSPS) is 11.1. The number of rotatable bonds is 8. The van der Waals surface area contributed by atoms with Crippen LogP contribution in [0.25, 0.3) is 11.0 Å². The third kappa shape index (κ3) is 4.85. The Morgan fingerprint density at radius 1 is 1.18 bits per heavy atom. The van der Waals surface area contributed by atoms with Crippen LogP contribution in [0.15, 0.2) is 72.0 Å². The molecule has 0 bridgehead atoms. The Hall–Kier alpha value is -4.73. The van der Waals surface area contributed by atoms with Gasteiger partial charge in [-0.05, 0) is 48.0 Å². The molecule has 34 heavy (non-hydrogen) atoms. The number of fused-ring (bicyclic) bond motifs is 1. The molecule has 0 fully saturated rings. The zero-order valence-corrected chi connectivity index (χ0v) is 18.4. The quantitative estimate of drug-likeness (QED) is 0.210. The molecule has 172 valence electrons. The van der Waals surface area contributed by atoms with Crippen LogP contribution < -0.4 is 16.1 Å². The number of anilines is 3. The Morgan fingerprint density at radius 2 is 1.97 bits per heavy atom. The molecule has 10 heteroatoms. The second-order valence-corrected chi connectivity index (χ2v) is 7.51. The molecule has 2 aromatic heterocycles. The molecular formula is C24H23N7O3. The maximum absolute atomic E-state index is 13.3. The third-order valence-electron chi connectivity index (χ3n) is 5.24. The highest BCUT2D eigenvalue weighted by molar-refractivity contribution is 6.07. The maximum Gasteiger partial charge on any atom is 0.305 e. The van der Waals surface area contributed by atoms with E-state index in [1.165, 1.54) is 4.90 Å². The van der Waals surface area contributed by atoms with E-state index in [9.17, 15) is 9.59 Å². The summed E-state index contributed by atoms with van der Waals surface area (Å²) in [5, 5.41) is 15.9. The van der Waals surface area contributed by atoms with Crippen molar-refractivity contribution in [3.63, 3.8) is 0 Å². The van der Waals surface area contributed by atoms with Gasteiger partial charge in [-0.1, -0.05) is 18.2 Å². The van der Waals surface area contributed by atoms with Gasteiger partial charge in [0.15, 0.2) is 0 Å². The SMILES string of the molecule is Cn1c(Nc2ccc(C=NN)cc2)nc2cc(C(=O)N(CCC(=O)O)c3ccccn3)ccc21. The number of imidazole rings is 1. The summed E-state index contributed by atoms with van der Waals surface area (Å²) in [6.45, 7) is 0.00308. The Kier molecular flexibility index (Phi) is 6.49. The number of pyridine rings is 1. The molecule has 0 unspecified atom stereocenters. The van der Waals surface area contributed by atoms with Crippen molar-refractivity contribution in [2.75, 3.05) is 16.8 Å². The van der Waals surface area contributed by atoms with Gasteiger partial charge in [0.1, 0.15) is 5.82 Å². The van der Waals surface area contributed by atoms with Crippen molar-refractivity contribution in [1.29, 1.82) is 0 Å². The van der Waals surface area contributed by atoms with Gasteiger partial charge in [-0.3, -0.25) is 14.5 Å². The van der Waals surface area contributed by atoms with Crippen molar-refractivity contribution in [2.45, 2.75) is 6.42 Å². The van der Waals surface area contributed by atoms with E-state index in [1.54, 1.807) is 42.7 Å². The average molecular weight is 457 g/mol. The van der Waals surface area contributed by atoms with E-state index in [0.29, 0.717) is 22.8 Å². The fourth-order valence-electron chi connectivity index (χ4n) is 3.51. The fourth-order valence-corrected chi connectivity index (χ4v) is 3.51. The molecule has 10 nitrogen and oxygen atoms in total. The number of carboxylic acids is 1. The molecular weight excluding hydrogens is 434 g/mol. The van der Waals surface area contributed by atoms with Crippen molar-refractivity contribution in [3.8, 4) is 0 Å². The van der Waals surface area contributed by atoms with Crippen molar-refractivity contribution in [1.82, 2.24) is 14.5 Å². The monoisotopic (exact) mass is 457 g/mol. The summed E-state index contributed by atoms with van der Waals surface area (Å²) in [6, 6.07) is 17.9. The fraction of sp³-hybridized carbons (Fsp3) is 0.125. The number of hydrogen-bond acceptors (Lipinski definition) is 7. The summed E-state index contributed by atoms with van der Waals surface area (Å²) in [4.78, 5) is 34.6. The molecule has 0 saturated carbocycles. The van der Waals surface area contributed by atoms with Crippen LogP contribution in [0.1, 0.15) is 22.3 Å². The van der Waals surface area contributed by atoms with Crippen LogP contribution in [0, 0.1) is 0 Å². The summed E-state index contributed by atoms with van der Waals surface area (Å²) in [5.74, 6) is 4.84. The van der Waals surface area contributed by atoms with Gasteiger partial charge in [-0.15, -0.1) is 0 Å². The number of nitrogens with two attached hydrogens (primary N) is 1. The molecule has 1 amide bonds. The molecule has 4 N–H and O–H groups in total. The predicted octanol–water partition coefficient (Wildman–Crippen LogP) is 3.13. The second kappa shape index (κ2) is 9.82. The van der Waals surface area contributed by atoms with E-state index >= 15 is 0 Å². The van der Waals surface area contributed by atoms with Crippen molar-refractivity contribution in [3.05, 3.63) is 78.0 Å². The van der Waals surface area contributed by atoms with Crippen LogP contribution >= 0.6 is 0 Å². The van der Waals surface area contributed by atoms with Gasteiger partial charge in [-0.25, -0.2) is 9.97 Å². The number of hydrazone groups is 1. The molecule has 0 spiro atoms. The molecule has 4 rings (SSSR count). The van der Waals surface area contributed by atoms with Crippen LogP contribution in [0.5, 0.6) is 0 Å². The highest BCUT2D eigenvalue weighted by Crippen LogP contribution is 2.24. The van der Waals surface area contributed by atoms with Crippen molar-refractivity contribution >= 4 is 46.6 Å². The zero-order chi connectivity index (χ0) is 24.1. The first-order chi connectivity index (χ1) is 16.5. The smallest absolute Gasteiger partial charge is 0.305 e. The number of amides is 1. The number of carbonyl (C=O) groups is 2. The van der Waals surface area contributed by atoms with Gasteiger partial charge in [0.2, 0.25) is 5.95 Å². The summed E-state index contributed by atoms with van der Waals surface area (Å²) in [6.07, 6.45) is 2.92. The summed E-state index contributed by atoms with van der Waals surface area (Å²) in [5.41, 5.74) is 3.56.